The quantitative estimate of drug-likeness (QED) is 0.420. The van der Waals surface area contributed by atoms with E-state index in [9.17, 15) is 4.79 Å². The zero-order valence-corrected chi connectivity index (χ0v) is 21.6. The van der Waals surface area contributed by atoms with Crippen molar-refractivity contribution in [2.45, 2.75) is 39.4 Å². The lowest BCUT2D eigenvalue weighted by Gasteiger charge is -2.35. The van der Waals surface area contributed by atoms with Crippen molar-refractivity contribution < 1.29 is 14.3 Å². The van der Waals surface area contributed by atoms with Gasteiger partial charge in [-0.2, -0.15) is 10.1 Å². The molecule has 1 saturated heterocycles. The number of morpholine rings is 1. The molecule has 2 aliphatic rings. The van der Waals surface area contributed by atoms with E-state index in [1.807, 2.05) is 85.4 Å². The lowest BCUT2D eigenvalue weighted by atomic mass is 10.1. The summed E-state index contributed by atoms with van der Waals surface area (Å²) in [5.74, 6) is 0.611. The van der Waals surface area contributed by atoms with E-state index in [2.05, 4.69) is 16.8 Å². The number of aliphatic imine (C=N–C) groups is 1. The maximum atomic E-state index is 12.9. The summed E-state index contributed by atoms with van der Waals surface area (Å²) >= 11 is 1.42. The predicted octanol–water partition coefficient (Wildman–Crippen LogP) is 5.41. The Morgan fingerprint density at radius 1 is 1.08 bits per heavy atom. The number of hydrogen-bond donors (Lipinski definition) is 0. The van der Waals surface area contributed by atoms with Gasteiger partial charge in [-0.25, -0.2) is 4.68 Å². The van der Waals surface area contributed by atoms with Gasteiger partial charge >= 0.3 is 0 Å². The van der Waals surface area contributed by atoms with Crippen LogP contribution in [0.4, 0.5) is 0 Å². The van der Waals surface area contributed by atoms with Crippen LogP contribution in [0.15, 0.2) is 70.7 Å². The summed E-state index contributed by atoms with van der Waals surface area (Å²) in [6, 6.07) is 17.9. The van der Waals surface area contributed by atoms with Crippen molar-refractivity contribution in [1.82, 2.24) is 14.7 Å². The van der Waals surface area contributed by atoms with Gasteiger partial charge in [0.2, 0.25) is 0 Å². The molecule has 0 spiro atoms. The second-order valence-corrected chi connectivity index (χ2v) is 10.1. The topological polar surface area (TPSA) is 68.9 Å². The molecule has 2 aromatic carbocycles. The van der Waals surface area contributed by atoms with Crippen LogP contribution in [-0.2, 0) is 9.53 Å². The monoisotopic (exact) mass is 502 g/mol. The summed E-state index contributed by atoms with van der Waals surface area (Å²) in [7, 11) is 0. The lowest BCUT2D eigenvalue weighted by Crippen LogP contribution is -2.47. The molecule has 2 atom stereocenters. The van der Waals surface area contributed by atoms with E-state index in [-0.39, 0.29) is 18.1 Å². The summed E-state index contributed by atoms with van der Waals surface area (Å²) in [4.78, 5) is 20.0. The largest absolute Gasteiger partial charge is 0.494 e. The van der Waals surface area contributed by atoms with Crippen LogP contribution in [0, 0.1) is 0 Å². The van der Waals surface area contributed by atoms with E-state index < -0.39 is 0 Å². The van der Waals surface area contributed by atoms with Gasteiger partial charge in [0.05, 0.1) is 35.1 Å². The van der Waals surface area contributed by atoms with Crippen molar-refractivity contribution in [3.8, 4) is 22.7 Å². The molecule has 8 heteroatoms. The minimum Gasteiger partial charge on any atom is -0.494 e. The fraction of sp³-hybridized carbons (Fsp3) is 0.321. The first kappa shape index (κ1) is 24.3. The average molecular weight is 503 g/mol. The molecule has 36 heavy (non-hydrogen) atoms. The normalized spacial score (nSPS) is 21.2. The number of aromatic nitrogens is 2. The van der Waals surface area contributed by atoms with Crippen LogP contribution >= 0.6 is 11.8 Å². The van der Waals surface area contributed by atoms with Gasteiger partial charge < -0.3 is 14.4 Å². The van der Waals surface area contributed by atoms with E-state index in [1.54, 1.807) is 0 Å². The zero-order valence-electron chi connectivity index (χ0n) is 20.8. The van der Waals surface area contributed by atoms with E-state index in [0.717, 1.165) is 52.9 Å². The van der Waals surface area contributed by atoms with Gasteiger partial charge in [0, 0.05) is 30.4 Å². The molecule has 2 aliphatic heterocycles. The SMILES string of the molecule is CCCOc1ccc(-c2nn(-c3ccccc3)cc2/C=C2/SC(N3C[C@@H](C)O[C@H](C)C3)=NC2=O)cc1. The highest BCUT2D eigenvalue weighted by molar-refractivity contribution is 8.18. The Hall–Kier alpha value is -3.36. The Balaban J connectivity index is 1.46. The molecule has 0 unspecified atom stereocenters. The molecule has 0 saturated carbocycles. The van der Waals surface area contributed by atoms with Crippen LogP contribution in [0.25, 0.3) is 23.0 Å². The summed E-state index contributed by atoms with van der Waals surface area (Å²) in [5, 5.41) is 5.62. The number of carbonyl (C=O) groups excluding carboxylic acids is 1. The van der Waals surface area contributed by atoms with Crippen LogP contribution in [0.3, 0.4) is 0 Å². The number of rotatable bonds is 6. The van der Waals surface area contributed by atoms with E-state index in [4.69, 9.17) is 14.6 Å². The Bertz CT molecular complexity index is 1270. The van der Waals surface area contributed by atoms with Crippen LogP contribution in [0.1, 0.15) is 32.8 Å². The third-order valence-electron chi connectivity index (χ3n) is 5.95. The molecule has 3 heterocycles. The number of nitrogens with zero attached hydrogens (tertiary/aromatic N) is 4. The fourth-order valence-corrected chi connectivity index (χ4v) is 5.29. The second kappa shape index (κ2) is 10.7. The maximum Gasteiger partial charge on any atom is 0.286 e. The standard InChI is InChI=1S/C28H30N4O3S/c1-4-14-34-24-12-10-21(11-13-24)26-22(18-32(30-26)23-8-6-5-7-9-23)15-25-27(33)29-28(36-25)31-16-19(2)35-20(3)17-31/h5-13,15,18-20H,4,14,16-17H2,1-3H3/b25-15+/t19-,20-/m1/s1. The first-order valence-corrected chi connectivity index (χ1v) is 13.1. The number of hydrogen-bond acceptors (Lipinski definition) is 6. The minimum absolute atomic E-state index is 0.0974. The third-order valence-corrected chi connectivity index (χ3v) is 6.99. The number of benzene rings is 2. The fourth-order valence-electron chi connectivity index (χ4n) is 4.37. The highest BCUT2D eigenvalue weighted by Crippen LogP contribution is 2.34. The van der Waals surface area contributed by atoms with Crippen molar-refractivity contribution in [2.75, 3.05) is 19.7 Å². The highest BCUT2D eigenvalue weighted by atomic mass is 32.2. The van der Waals surface area contributed by atoms with Crippen molar-refractivity contribution in [3.05, 3.63) is 71.3 Å². The van der Waals surface area contributed by atoms with Gasteiger partial charge in [0.1, 0.15) is 5.75 Å². The second-order valence-electron chi connectivity index (χ2n) is 9.06. The number of thioether (sulfide) groups is 1. The van der Waals surface area contributed by atoms with Gasteiger partial charge in [-0.05, 0) is 74.5 Å². The predicted molar refractivity (Wildman–Crippen MR) is 144 cm³/mol. The Morgan fingerprint density at radius 2 is 1.81 bits per heavy atom. The number of amides is 1. The van der Waals surface area contributed by atoms with Gasteiger partial charge in [-0.3, -0.25) is 4.79 Å². The number of ether oxygens (including phenoxy) is 2. The molecular weight excluding hydrogens is 472 g/mol. The summed E-state index contributed by atoms with van der Waals surface area (Å²) < 4.78 is 13.4. The molecular formula is C28H30N4O3S. The summed E-state index contributed by atoms with van der Waals surface area (Å²) in [6.45, 7) is 8.30. The van der Waals surface area contributed by atoms with E-state index in [0.29, 0.717) is 11.5 Å². The molecule has 186 valence electrons. The Morgan fingerprint density at radius 3 is 2.50 bits per heavy atom. The van der Waals surface area contributed by atoms with Gasteiger partial charge in [-0.15, -0.1) is 0 Å². The molecule has 0 radical (unpaired) electrons. The summed E-state index contributed by atoms with van der Waals surface area (Å²) in [5.41, 5.74) is 3.55. The Labute approximate surface area is 215 Å². The first-order valence-electron chi connectivity index (χ1n) is 12.3. The van der Waals surface area contributed by atoms with Crippen molar-refractivity contribution in [1.29, 1.82) is 0 Å². The Kier molecular flexibility index (Phi) is 7.25. The molecule has 1 fully saturated rings. The van der Waals surface area contributed by atoms with Crippen LogP contribution < -0.4 is 4.74 Å². The van der Waals surface area contributed by atoms with E-state index >= 15 is 0 Å². The number of para-hydroxylation sites is 1. The zero-order chi connectivity index (χ0) is 25.1. The van der Waals surface area contributed by atoms with Crippen molar-refractivity contribution >= 4 is 28.9 Å². The molecule has 1 amide bonds. The molecule has 7 nitrogen and oxygen atoms in total. The van der Waals surface area contributed by atoms with Gasteiger partial charge in [0.25, 0.3) is 5.91 Å². The van der Waals surface area contributed by atoms with E-state index in [1.165, 1.54) is 11.8 Å². The average Bonchev–Trinajstić information content (AvgIpc) is 3.47. The summed E-state index contributed by atoms with van der Waals surface area (Å²) in [6.07, 6.45) is 5.02. The first-order chi connectivity index (χ1) is 17.5. The molecule has 3 aromatic rings. The number of carbonyl (C=O) groups is 1. The highest BCUT2D eigenvalue weighted by Gasteiger charge is 2.31. The minimum atomic E-state index is -0.219. The maximum absolute atomic E-state index is 12.9. The van der Waals surface area contributed by atoms with Crippen LogP contribution in [-0.4, -0.2) is 57.7 Å². The van der Waals surface area contributed by atoms with Crippen LogP contribution in [0.5, 0.6) is 5.75 Å². The van der Waals surface area contributed by atoms with Gasteiger partial charge in [-0.1, -0.05) is 25.1 Å². The lowest BCUT2D eigenvalue weighted by molar-refractivity contribution is -0.113. The van der Waals surface area contributed by atoms with Crippen LogP contribution in [0.2, 0.25) is 0 Å². The molecule has 0 bridgehead atoms. The molecule has 0 N–H and O–H groups in total. The van der Waals surface area contributed by atoms with Crippen molar-refractivity contribution in [2.24, 2.45) is 4.99 Å². The number of amidine groups is 1. The molecule has 0 aliphatic carbocycles. The smallest absolute Gasteiger partial charge is 0.286 e. The molecule has 1 aromatic heterocycles. The third kappa shape index (κ3) is 5.39. The van der Waals surface area contributed by atoms with Gasteiger partial charge in [0.15, 0.2) is 5.17 Å². The van der Waals surface area contributed by atoms with Crippen molar-refractivity contribution in [3.63, 3.8) is 0 Å². The molecule has 5 rings (SSSR count).